The Bertz CT molecular complexity index is 508. The highest BCUT2D eigenvalue weighted by atomic mass is 19.3. The summed E-state index contributed by atoms with van der Waals surface area (Å²) in [5, 5.41) is 10.2. The Morgan fingerprint density at radius 2 is 1.90 bits per heavy atom. The fraction of sp³-hybridized carbons (Fsp3) is 0.500. The minimum Gasteiger partial charge on any atom is -0.435 e. The van der Waals surface area contributed by atoms with Crippen molar-refractivity contribution in [1.82, 2.24) is 4.90 Å². The van der Waals surface area contributed by atoms with Crippen LogP contribution in [0.25, 0.3) is 0 Å². The average Bonchev–Trinajstić information content (AvgIpc) is 3.19. The SMILES string of the molecule is O=C(c1ccc(OC(F)F)cc1)N1CC(O)(C2CC2)C1. The van der Waals surface area contributed by atoms with Crippen LogP contribution < -0.4 is 4.74 Å². The van der Waals surface area contributed by atoms with Gasteiger partial charge in [-0.1, -0.05) is 0 Å². The van der Waals surface area contributed by atoms with Crippen LogP contribution in [0.1, 0.15) is 23.2 Å². The molecule has 0 radical (unpaired) electrons. The first-order valence-electron chi connectivity index (χ1n) is 6.54. The molecule has 6 heteroatoms. The van der Waals surface area contributed by atoms with Crippen molar-refractivity contribution in [3.05, 3.63) is 29.8 Å². The Labute approximate surface area is 114 Å². The van der Waals surface area contributed by atoms with E-state index in [-0.39, 0.29) is 11.7 Å². The third kappa shape index (κ3) is 2.47. The van der Waals surface area contributed by atoms with Crippen LogP contribution >= 0.6 is 0 Å². The number of carbonyl (C=O) groups is 1. The minimum atomic E-state index is -2.87. The maximum atomic E-state index is 12.1. The Morgan fingerprint density at radius 1 is 1.30 bits per heavy atom. The van der Waals surface area contributed by atoms with Gasteiger partial charge in [-0.05, 0) is 43.0 Å². The summed E-state index contributed by atoms with van der Waals surface area (Å²) in [6.07, 6.45) is 2.05. The van der Waals surface area contributed by atoms with E-state index in [1.165, 1.54) is 24.3 Å². The van der Waals surface area contributed by atoms with Gasteiger partial charge in [-0.15, -0.1) is 0 Å². The summed E-state index contributed by atoms with van der Waals surface area (Å²) in [4.78, 5) is 13.7. The molecule has 0 unspecified atom stereocenters. The first-order valence-corrected chi connectivity index (χ1v) is 6.54. The maximum Gasteiger partial charge on any atom is 0.387 e. The molecule has 0 atom stereocenters. The van der Waals surface area contributed by atoms with Crippen LogP contribution in [0.3, 0.4) is 0 Å². The number of ether oxygens (including phenoxy) is 1. The normalized spacial score (nSPS) is 20.7. The van der Waals surface area contributed by atoms with E-state index >= 15 is 0 Å². The third-order valence-electron chi connectivity index (χ3n) is 3.88. The Morgan fingerprint density at radius 3 is 2.40 bits per heavy atom. The molecule has 1 aliphatic heterocycles. The van der Waals surface area contributed by atoms with E-state index < -0.39 is 12.2 Å². The molecule has 1 heterocycles. The first kappa shape index (κ1) is 13.3. The van der Waals surface area contributed by atoms with E-state index in [1.807, 2.05) is 0 Å². The molecule has 1 aromatic rings. The van der Waals surface area contributed by atoms with Crippen LogP contribution in [0.2, 0.25) is 0 Å². The molecular weight excluding hydrogens is 268 g/mol. The number of hydrogen-bond acceptors (Lipinski definition) is 3. The highest BCUT2D eigenvalue weighted by molar-refractivity contribution is 5.95. The zero-order valence-electron chi connectivity index (χ0n) is 10.8. The van der Waals surface area contributed by atoms with Gasteiger partial charge in [-0.25, -0.2) is 0 Å². The Balaban J connectivity index is 1.60. The standard InChI is InChI=1S/C14H15F2NO3/c15-13(16)20-11-5-1-9(2-6-11)12(18)17-7-14(19,8-17)10-3-4-10/h1-2,5-6,10,13,19H,3-4,7-8H2. The van der Waals surface area contributed by atoms with Crippen LogP contribution in [0, 0.1) is 5.92 Å². The lowest BCUT2D eigenvalue weighted by molar-refractivity contribution is -0.0958. The first-order chi connectivity index (χ1) is 9.48. The van der Waals surface area contributed by atoms with E-state index in [9.17, 15) is 18.7 Å². The molecule has 3 rings (SSSR count). The van der Waals surface area contributed by atoms with Gasteiger partial charge in [0.25, 0.3) is 5.91 Å². The van der Waals surface area contributed by atoms with Crippen molar-refractivity contribution >= 4 is 5.91 Å². The maximum absolute atomic E-state index is 12.1. The van der Waals surface area contributed by atoms with Gasteiger partial charge in [0, 0.05) is 5.56 Å². The van der Waals surface area contributed by atoms with Crippen molar-refractivity contribution in [2.75, 3.05) is 13.1 Å². The van der Waals surface area contributed by atoms with E-state index in [0.29, 0.717) is 24.6 Å². The van der Waals surface area contributed by atoms with E-state index in [4.69, 9.17) is 0 Å². The molecule has 20 heavy (non-hydrogen) atoms. The molecular formula is C14H15F2NO3. The number of aliphatic hydroxyl groups is 1. The van der Waals surface area contributed by atoms with Gasteiger partial charge < -0.3 is 14.7 Å². The second-order valence-corrected chi connectivity index (χ2v) is 5.44. The predicted molar refractivity (Wildman–Crippen MR) is 66.7 cm³/mol. The van der Waals surface area contributed by atoms with Crippen molar-refractivity contribution in [2.45, 2.75) is 25.1 Å². The molecule has 1 saturated heterocycles. The molecule has 0 aromatic heterocycles. The molecule has 1 aromatic carbocycles. The van der Waals surface area contributed by atoms with Crippen molar-refractivity contribution in [2.24, 2.45) is 5.92 Å². The van der Waals surface area contributed by atoms with Crippen LogP contribution in [0.4, 0.5) is 8.78 Å². The van der Waals surface area contributed by atoms with Gasteiger partial charge in [-0.2, -0.15) is 8.78 Å². The Hall–Kier alpha value is -1.69. The molecule has 1 N–H and O–H groups in total. The molecule has 4 nitrogen and oxygen atoms in total. The molecule has 108 valence electrons. The fourth-order valence-electron chi connectivity index (χ4n) is 2.60. The molecule has 1 saturated carbocycles. The summed E-state index contributed by atoms with van der Waals surface area (Å²) in [7, 11) is 0. The van der Waals surface area contributed by atoms with Crippen LogP contribution in [-0.2, 0) is 0 Å². The summed E-state index contributed by atoms with van der Waals surface area (Å²) in [6, 6.07) is 5.58. The van der Waals surface area contributed by atoms with E-state index in [1.54, 1.807) is 4.90 Å². The predicted octanol–water partition coefficient (Wildman–Crippen LogP) is 1.88. The summed E-state index contributed by atoms with van der Waals surface area (Å²) in [6.45, 7) is -2.17. The topological polar surface area (TPSA) is 49.8 Å². The number of benzene rings is 1. The highest BCUT2D eigenvalue weighted by Gasteiger charge is 2.53. The van der Waals surface area contributed by atoms with Gasteiger partial charge in [0.15, 0.2) is 0 Å². The summed E-state index contributed by atoms with van der Waals surface area (Å²) in [5.41, 5.74) is -0.307. The van der Waals surface area contributed by atoms with Crippen LogP contribution in [0.15, 0.2) is 24.3 Å². The van der Waals surface area contributed by atoms with Crippen molar-refractivity contribution in [1.29, 1.82) is 0 Å². The van der Waals surface area contributed by atoms with Crippen molar-refractivity contribution in [3.63, 3.8) is 0 Å². The molecule has 2 fully saturated rings. The van der Waals surface area contributed by atoms with Gasteiger partial charge >= 0.3 is 6.61 Å². The molecule has 0 bridgehead atoms. The fourth-order valence-corrected chi connectivity index (χ4v) is 2.60. The number of carbonyl (C=O) groups excluding carboxylic acids is 1. The smallest absolute Gasteiger partial charge is 0.387 e. The second-order valence-electron chi connectivity index (χ2n) is 5.44. The zero-order chi connectivity index (χ0) is 14.3. The van der Waals surface area contributed by atoms with Gasteiger partial charge in [0.1, 0.15) is 11.4 Å². The summed E-state index contributed by atoms with van der Waals surface area (Å²) >= 11 is 0. The Kier molecular flexibility index (Phi) is 3.12. The number of halogens is 2. The minimum absolute atomic E-state index is 0.0228. The number of nitrogens with zero attached hydrogens (tertiary/aromatic N) is 1. The van der Waals surface area contributed by atoms with Crippen LogP contribution in [-0.4, -0.2) is 41.2 Å². The largest absolute Gasteiger partial charge is 0.435 e. The van der Waals surface area contributed by atoms with E-state index in [2.05, 4.69) is 4.74 Å². The lowest BCUT2D eigenvalue weighted by Crippen LogP contribution is -2.64. The highest BCUT2D eigenvalue weighted by Crippen LogP contribution is 2.44. The van der Waals surface area contributed by atoms with Gasteiger partial charge in [0.2, 0.25) is 0 Å². The summed E-state index contributed by atoms with van der Waals surface area (Å²) in [5.74, 6) is 0.155. The van der Waals surface area contributed by atoms with Crippen LogP contribution in [0.5, 0.6) is 5.75 Å². The monoisotopic (exact) mass is 283 g/mol. The lowest BCUT2D eigenvalue weighted by atomic mass is 9.88. The average molecular weight is 283 g/mol. The number of hydrogen-bond donors (Lipinski definition) is 1. The molecule has 1 amide bonds. The number of likely N-dealkylation sites (tertiary alicyclic amines) is 1. The summed E-state index contributed by atoms with van der Waals surface area (Å²) < 4.78 is 28.3. The van der Waals surface area contributed by atoms with Crippen molar-refractivity contribution < 1.29 is 23.4 Å². The second kappa shape index (κ2) is 4.70. The molecule has 1 aliphatic carbocycles. The van der Waals surface area contributed by atoms with Gasteiger partial charge in [0.05, 0.1) is 13.1 Å². The number of alkyl halides is 2. The zero-order valence-corrected chi connectivity index (χ0v) is 10.8. The van der Waals surface area contributed by atoms with Gasteiger partial charge in [-0.3, -0.25) is 4.79 Å². The third-order valence-corrected chi connectivity index (χ3v) is 3.88. The number of amides is 1. The molecule has 0 spiro atoms. The molecule has 2 aliphatic rings. The van der Waals surface area contributed by atoms with E-state index in [0.717, 1.165) is 12.8 Å². The quantitative estimate of drug-likeness (QED) is 0.918. The number of β-amino-alcohol motifs (C(OH)–C–C–N with tert-alkyl or cyclic N) is 1. The van der Waals surface area contributed by atoms with Crippen molar-refractivity contribution in [3.8, 4) is 5.75 Å². The lowest BCUT2D eigenvalue weighted by Gasteiger charge is -2.47. The number of rotatable bonds is 4.